The fourth-order valence-electron chi connectivity index (χ4n) is 2.77. The lowest BCUT2D eigenvalue weighted by molar-refractivity contribution is -0.119. The predicted octanol–water partition coefficient (Wildman–Crippen LogP) is 3.97. The predicted molar refractivity (Wildman–Crippen MR) is 113 cm³/mol. The number of rotatable bonds is 5. The number of amides is 2. The van der Waals surface area contributed by atoms with Crippen LogP contribution in [0.2, 0.25) is 0 Å². The van der Waals surface area contributed by atoms with E-state index in [4.69, 9.17) is 4.98 Å². The van der Waals surface area contributed by atoms with Crippen LogP contribution in [0.4, 0.5) is 0 Å². The summed E-state index contributed by atoms with van der Waals surface area (Å²) in [7, 11) is 0. The van der Waals surface area contributed by atoms with Gasteiger partial charge in [0, 0.05) is 10.9 Å². The zero-order valence-electron chi connectivity index (χ0n) is 16.2. The minimum absolute atomic E-state index is 0.172. The largest absolute Gasteiger partial charge is 0.272 e. The molecule has 2 N–H and O–H groups in total. The molecular weight excluding hydrogens is 370 g/mol. The SMILES string of the molecule is CCc1cc2cc(C)ccc2nc1SCC(=O)NNC(=O)c1ccc(C)cc1. The molecule has 28 heavy (non-hydrogen) atoms. The van der Waals surface area contributed by atoms with Crippen molar-refractivity contribution in [2.75, 3.05) is 5.75 Å². The molecule has 3 rings (SSSR count). The standard InChI is InChI=1S/C22H23N3O2S/c1-4-16-12-18-11-15(3)7-10-19(18)23-22(16)28-13-20(26)24-25-21(27)17-8-5-14(2)6-9-17/h5-12H,4,13H2,1-3H3,(H,24,26)(H,25,27). The van der Waals surface area contributed by atoms with Gasteiger partial charge in [0.25, 0.3) is 5.91 Å². The summed E-state index contributed by atoms with van der Waals surface area (Å²) in [5, 5.41) is 1.95. The van der Waals surface area contributed by atoms with E-state index >= 15 is 0 Å². The number of carbonyl (C=O) groups excluding carboxylic acids is 2. The van der Waals surface area contributed by atoms with Gasteiger partial charge in [0.1, 0.15) is 5.03 Å². The van der Waals surface area contributed by atoms with Crippen LogP contribution in [0.5, 0.6) is 0 Å². The number of aromatic nitrogens is 1. The topological polar surface area (TPSA) is 71.1 Å². The zero-order valence-corrected chi connectivity index (χ0v) is 17.0. The summed E-state index contributed by atoms with van der Waals surface area (Å²) >= 11 is 1.37. The number of fused-ring (bicyclic) bond motifs is 1. The Labute approximate surface area is 168 Å². The Morgan fingerprint density at radius 2 is 1.68 bits per heavy atom. The molecule has 0 saturated heterocycles. The number of nitrogens with zero attached hydrogens (tertiary/aromatic N) is 1. The molecule has 0 aliphatic rings. The van der Waals surface area contributed by atoms with Crippen LogP contribution >= 0.6 is 11.8 Å². The minimum Gasteiger partial charge on any atom is -0.272 e. The van der Waals surface area contributed by atoms with Gasteiger partial charge >= 0.3 is 0 Å². The van der Waals surface area contributed by atoms with E-state index in [1.807, 2.05) is 31.2 Å². The number of hydrazine groups is 1. The number of nitrogens with one attached hydrogen (secondary N) is 2. The van der Waals surface area contributed by atoms with E-state index in [0.717, 1.165) is 33.5 Å². The maximum absolute atomic E-state index is 12.1. The first-order chi connectivity index (χ1) is 13.5. The van der Waals surface area contributed by atoms with E-state index in [2.05, 4.69) is 36.8 Å². The number of hydrogen-bond acceptors (Lipinski definition) is 4. The highest BCUT2D eigenvalue weighted by Gasteiger charge is 2.11. The molecule has 3 aromatic rings. The van der Waals surface area contributed by atoms with Crippen molar-refractivity contribution in [3.63, 3.8) is 0 Å². The Morgan fingerprint density at radius 1 is 0.964 bits per heavy atom. The monoisotopic (exact) mass is 393 g/mol. The summed E-state index contributed by atoms with van der Waals surface area (Å²) in [6.45, 7) is 6.08. The molecule has 0 unspecified atom stereocenters. The molecule has 0 saturated carbocycles. The van der Waals surface area contributed by atoms with Crippen molar-refractivity contribution in [3.05, 3.63) is 70.8 Å². The minimum atomic E-state index is -0.341. The Morgan fingerprint density at radius 3 is 2.39 bits per heavy atom. The molecule has 0 aliphatic heterocycles. The summed E-state index contributed by atoms with van der Waals surface area (Å²) in [5.74, 6) is -0.448. The van der Waals surface area contributed by atoms with Crippen molar-refractivity contribution in [2.24, 2.45) is 0 Å². The van der Waals surface area contributed by atoms with Crippen LogP contribution in [-0.4, -0.2) is 22.6 Å². The van der Waals surface area contributed by atoms with Gasteiger partial charge in [-0.3, -0.25) is 20.4 Å². The van der Waals surface area contributed by atoms with Gasteiger partial charge in [0.15, 0.2) is 0 Å². The number of pyridine rings is 1. The molecule has 0 radical (unpaired) electrons. The van der Waals surface area contributed by atoms with Crippen LogP contribution in [0.1, 0.15) is 34.0 Å². The van der Waals surface area contributed by atoms with Gasteiger partial charge in [0.2, 0.25) is 5.91 Å². The van der Waals surface area contributed by atoms with E-state index in [0.29, 0.717) is 5.56 Å². The zero-order chi connectivity index (χ0) is 20.1. The molecule has 1 heterocycles. The molecule has 2 aromatic carbocycles. The molecule has 5 nitrogen and oxygen atoms in total. The lowest BCUT2D eigenvalue weighted by atomic mass is 10.1. The van der Waals surface area contributed by atoms with Gasteiger partial charge in [-0.15, -0.1) is 0 Å². The fraction of sp³-hybridized carbons (Fsp3) is 0.227. The first-order valence-electron chi connectivity index (χ1n) is 9.15. The van der Waals surface area contributed by atoms with Crippen molar-refractivity contribution in [3.8, 4) is 0 Å². The smallest absolute Gasteiger partial charge is 0.269 e. The van der Waals surface area contributed by atoms with Gasteiger partial charge in [-0.2, -0.15) is 0 Å². The second kappa shape index (κ2) is 8.89. The lowest BCUT2D eigenvalue weighted by Crippen LogP contribution is -2.42. The molecule has 1 aromatic heterocycles. The maximum atomic E-state index is 12.1. The Hall–Kier alpha value is -2.86. The van der Waals surface area contributed by atoms with E-state index in [1.165, 1.54) is 17.3 Å². The molecule has 144 valence electrons. The van der Waals surface area contributed by atoms with Gasteiger partial charge in [-0.1, -0.05) is 48.0 Å². The third-order valence-electron chi connectivity index (χ3n) is 4.36. The molecule has 0 atom stereocenters. The van der Waals surface area contributed by atoms with Crippen LogP contribution < -0.4 is 10.9 Å². The average molecular weight is 394 g/mol. The highest BCUT2D eigenvalue weighted by molar-refractivity contribution is 7.99. The second-order valence-corrected chi connectivity index (χ2v) is 7.62. The maximum Gasteiger partial charge on any atom is 0.269 e. The van der Waals surface area contributed by atoms with E-state index in [-0.39, 0.29) is 17.6 Å². The highest BCUT2D eigenvalue weighted by Crippen LogP contribution is 2.26. The van der Waals surface area contributed by atoms with Crippen LogP contribution in [0.15, 0.2) is 53.6 Å². The van der Waals surface area contributed by atoms with Crippen molar-refractivity contribution >= 4 is 34.5 Å². The Kier molecular flexibility index (Phi) is 6.31. The average Bonchev–Trinajstić information content (AvgIpc) is 2.70. The summed E-state index contributed by atoms with van der Waals surface area (Å²) in [6, 6.07) is 15.4. The van der Waals surface area contributed by atoms with Crippen LogP contribution in [0.3, 0.4) is 0 Å². The van der Waals surface area contributed by atoms with E-state index in [1.54, 1.807) is 12.1 Å². The van der Waals surface area contributed by atoms with Crippen molar-refractivity contribution in [1.82, 2.24) is 15.8 Å². The molecule has 0 fully saturated rings. The lowest BCUT2D eigenvalue weighted by Gasteiger charge is -2.10. The summed E-state index contributed by atoms with van der Waals surface area (Å²) in [6.07, 6.45) is 0.838. The van der Waals surface area contributed by atoms with Gasteiger partial charge in [-0.25, -0.2) is 4.98 Å². The molecule has 6 heteroatoms. The first-order valence-corrected chi connectivity index (χ1v) is 10.1. The summed E-state index contributed by atoms with van der Waals surface area (Å²) in [4.78, 5) is 28.9. The van der Waals surface area contributed by atoms with Crippen LogP contribution in [0, 0.1) is 13.8 Å². The van der Waals surface area contributed by atoms with Gasteiger partial charge in [0.05, 0.1) is 11.3 Å². The van der Waals surface area contributed by atoms with Gasteiger partial charge < -0.3 is 0 Å². The van der Waals surface area contributed by atoms with Gasteiger partial charge in [-0.05, 0) is 56.2 Å². The van der Waals surface area contributed by atoms with Crippen LogP contribution in [-0.2, 0) is 11.2 Å². The van der Waals surface area contributed by atoms with E-state index in [9.17, 15) is 9.59 Å². The Bertz CT molecular complexity index is 1020. The summed E-state index contributed by atoms with van der Waals surface area (Å²) < 4.78 is 0. The fourth-order valence-corrected chi connectivity index (χ4v) is 3.67. The number of thioether (sulfide) groups is 1. The number of carbonyl (C=O) groups is 2. The van der Waals surface area contributed by atoms with Crippen molar-refractivity contribution in [1.29, 1.82) is 0 Å². The first kappa shape index (κ1) is 19.9. The highest BCUT2D eigenvalue weighted by atomic mass is 32.2. The van der Waals surface area contributed by atoms with Crippen molar-refractivity contribution < 1.29 is 9.59 Å². The second-order valence-electron chi connectivity index (χ2n) is 6.66. The number of hydrogen-bond donors (Lipinski definition) is 2. The van der Waals surface area contributed by atoms with E-state index < -0.39 is 0 Å². The third kappa shape index (κ3) is 4.89. The number of benzene rings is 2. The molecule has 0 aliphatic carbocycles. The number of aryl methyl sites for hydroxylation is 3. The normalized spacial score (nSPS) is 10.7. The Balaban J connectivity index is 1.60. The molecule has 2 amide bonds. The molecule has 0 spiro atoms. The molecule has 0 bridgehead atoms. The van der Waals surface area contributed by atoms with Crippen LogP contribution in [0.25, 0.3) is 10.9 Å². The third-order valence-corrected chi connectivity index (χ3v) is 5.39. The molecular formula is C22H23N3O2S. The quantitative estimate of drug-likeness (QED) is 0.508. The summed E-state index contributed by atoms with van der Waals surface area (Å²) in [5.41, 5.74) is 9.70. The van der Waals surface area contributed by atoms with Crippen molar-refractivity contribution in [2.45, 2.75) is 32.2 Å².